The molecule has 0 atom stereocenters. The molecule has 22 heavy (non-hydrogen) atoms. The first-order valence-electron chi connectivity index (χ1n) is 7.30. The number of hydrogen-bond donors (Lipinski definition) is 1. The van der Waals surface area contributed by atoms with Crippen LogP contribution in [-0.2, 0) is 4.79 Å². The Morgan fingerprint density at radius 1 is 1.45 bits per heavy atom. The van der Waals surface area contributed by atoms with E-state index in [1.54, 1.807) is 24.0 Å². The van der Waals surface area contributed by atoms with Crippen LogP contribution in [-0.4, -0.2) is 41.3 Å². The standard InChI is InChI=1S/C15H19N3O4/c1-11-5-2-6-12(14(11)18(21)22)15(20)16-8-4-10-17-9-3-7-13(17)19/h2,5-6H,3-4,7-10H2,1H3,(H,16,20). The van der Waals surface area contributed by atoms with Gasteiger partial charge in [-0.25, -0.2) is 0 Å². The molecule has 0 aromatic heterocycles. The molecule has 0 saturated carbocycles. The van der Waals surface area contributed by atoms with Crippen LogP contribution in [0, 0.1) is 17.0 Å². The van der Waals surface area contributed by atoms with E-state index in [4.69, 9.17) is 0 Å². The normalized spacial score (nSPS) is 14.2. The molecule has 1 saturated heterocycles. The van der Waals surface area contributed by atoms with Crippen LogP contribution in [0.15, 0.2) is 18.2 Å². The maximum Gasteiger partial charge on any atom is 0.285 e. The number of carbonyl (C=O) groups excluding carboxylic acids is 2. The summed E-state index contributed by atoms with van der Waals surface area (Å²) in [5, 5.41) is 13.7. The lowest BCUT2D eigenvalue weighted by molar-refractivity contribution is -0.385. The lowest BCUT2D eigenvalue weighted by Crippen LogP contribution is -2.31. The molecule has 1 aromatic rings. The quantitative estimate of drug-likeness (QED) is 0.491. The van der Waals surface area contributed by atoms with Crippen molar-refractivity contribution in [1.82, 2.24) is 10.2 Å². The van der Waals surface area contributed by atoms with Gasteiger partial charge in [-0.15, -0.1) is 0 Å². The van der Waals surface area contributed by atoms with Crippen molar-refractivity contribution in [1.29, 1.82) is 0 Å². The van der Waals surface area contributed by atoms with Crippen molar-refractivity contribution in [3.05, 3.63) is 39.4 Å². The minimum absolute atomic E-state index is 0.0715. The van der Waals surface area contributed by atoms with Crippen LogP contribution in [0.4, 0.5) is 5.69 Å². The van der Waals surface area contributed by atoms with Crippen molar-refractivity contribution in [3.63, 3.8) is 0 Å². The number of hydrogen-bond acceptors (Lipinski definition) is 4. The molecule has 0 aliphatic carbocycles. The first kappa shape index (κ1) is 15.9. The van der Waals surface area contributed by atoms with Crippen LogP contribution in [0.2, 0.25) is 0 Å². The summed E-state index contributed by atoms with van der Waals surface area (Å²) in [4.78, 5) is 35.8. The van der Waals surface area contributed by atoms with Gasteiger partial charge in [0.1, 0.15) is 5.56 Å². The third kappa shape index (κ3) is 3.60. The number of nitro benzene ring substituents is 1. The molecule has 2 rings (SSSR count). The minimum atomic E-state index is -0.535. The van der Waals surface area contributed by atoms with Gasteiger partial charge in [0.15, 0.2) is 0 Å². The number of aryl methyl sites for hydroxylation is 1. The Labute approximate surface area is 128 Å². The summed E-state index contributed by atoms with van der Waals surface area (Å²) in [5.74, 6) is -0.302. The van der Waals surface area contributed by atoms with Gasteiger partial charge in [-0.1, -0.05) is 12.1 Å². The molecule has 7 nitrogen and oxygen atoms in total. The molecule has 0 spiro atoms. The van der Waals surface area contributed by atoms with Crippen molar-refractivity contribution < 1.29 is 14.5 Å². The number of nitro groups is 1. The molecule has 1 N–H and O–H groups in total. The first-order chi connectivity index (χ1) is 10.5. The molecular weight excluding hydrogens is 286 g/mol. The highest BCUT2D eigenvalue weighted by Crippen LogP contribution is 2.22. The first-order valence-corrected chi connectivity index (χ1v) is 7.30. The van der Waals surface area contributed by atoms with Crippen LogP contribution in [0.3, 0.4) is 0 Å². The highest BCUT2D eigenvalue weighted by atomic mass is 16.6. The number of benzene rings is 1. The maximum absolute atomic E-state index is 12.1. The van der Waals surface area contributed by atoms with Crippen molar-refractivity contribution in [3.8, 4) is 0 Å². The third-order valence-electron chi connectivity index (χ3n) is 3.73. The van der Waals surface area contributed by atoms with Crippen molar-refractivity contribution >= 4 is 17.5 Å². The minimum Gasteiger partial charge on any atom is -0.352 e. The van der Waals surface area contributed by atoms with Crippen molar-refractivity contribution in [2.24, 2.45) is 0 Å². The van der Waals surface area contributed by atoms with Gasteiger partial charge in [0.2, 0.25) is 5.91 Å². The molecule has 0 radical (unpaired) electrons. The Morgan fingerprint density at radius 2 is 2.23 bits per heavy atom. The Kier molecular flexibility index (Phi) is 5.08. The number of para-hydroxylation sites is 1. The zero-order valence-corrected chi connectivity index (χ0v) is 12.5. The summed E-state index contributed by atoms with van der Waals surface area (Å²) in [6.45, 7) is 3.37. The Morgan fingerprint density at radius 3 is 2.86 bits per heavy atom. The van der Waals surface area contributed by atoms with Gasteiger partial charge in [-0.2, -0.15) is 0 Å². The lowest BCUT2D eigenvalue weighted by Gasteiger charge is -2.15. The number of carbonyl (C=O) groups is 2. The van der Waals surface area contributed by atoms with Crippen molar-refractivity contribution in [2.45, 2.75) is 26.2 Å². The van der Waals surface area contributed by atoms with Crippen LogP contribution >= 0.6 is 0 Å². The van der Waals surface area contributed by atoms with Crippen LogP contribution in [0.25, 0.3) is 0 Å². The molecule has 7 heteroatoms. The highest BCUT2D eigenvalue weighted by molar-refractivity contribution is 5.98. The number of nitrogens with one attached hydrogen (secondary N) is 1. The maximum atomic E-state index is 12.1. The van der Waals surface area contributed by atoms with Gasteiger partial charge in [-0.3, -0.25) is 19.7 Å². The van der Waals surface area contributed by atoms with Gasteiger partial charge < -0.3 is 10.2 Å². The van der Waals surface area contributed by atoms with Gasteiger partial charge in [-0.05, 0) is 25.8 Å². The van der Waals surface area contributed by atoms with Crippen LogP contribution < -0.4 is 5.32 Å². The van der Waals surface area contributed by atoms with E-state index in [1.165, 1.54) is 6.07 Å². The lowest BCUT2D eigenvalue weighted by atomic mass is 10.1. The number of nitrogens with zero attached hydrogens (tertiary/aromatic N) is 2. The predicted octanol–water partition coefficient (Wildman–Crippen LogP) is 1.65. The van der Waals surface area contributed by atoms with Crippen molar-refractivity contribution in [2.75, 3.05) is 19.6 Å². The summed E-state index contributed by atoms with van der Waals surface area (Å²) < 4.78 is 0. The second-order valence-electron chi connectivity index (χ2n) is 5.32. The fraction of sp³-hybridized carbons (Fsp3) is 0.467. The predicted molar refractivity (Wildman–Crippen MR) is 80.6 cm³/mol. The molecule has 1 aromatic carbocycles. The van der Waals surface area contributed by atoms with E-state index in [0.29, 0.717) is 31.5 Å². The van der Waals surface area contributed by atoms with Gasteiger partial charge >= 0.3 is 0 Å². The molecule has 0 bridgehead atoms. The number of amides is 2. The van der Waals surface area contributed by atoms with Gasteiger partial charge in [0, 0.05) is 31.6 Å². The van der Waals surface area contributed by atoms with Gasteiger partial charge in [0.25, 0.3) is 11.6 Å². The third-order valence-corrected chi connectivity index (χ3v) is 3.73. The number of likely N-dealkylation sites (tertiary alicyclic amines) is 1. The average molecular weight is 305 g/mol. The molecule has 1 heterocycles. The summed E-state index contributed by atoms with van der Waals surface area (Å²) in [5.41, 5.74) is 0.372. The topological polar surface area (TPSA) is 92.6 Å². The molecule has 1 aliphatic rings. The highest BCUT2D eigenvalue weighted by Gasteiger charge is 2.22. The fourth-order valence-corrected chi connectivity index (χ4v) is 2.59. The molecule has 1 fully saturated rings. The zero-order chi connectivity index (χ0) is 16.1. The second-order valence-corrected chi connectivity index (χ2v) is 5.32. The fourth-order valence-electron chi connectivity index (χ4n) is 2.59. The smallest absolute Gasteiger partial charge is 0.285 e. The SMILES string of the molecule is Cc1cccc(C(=O)NCCCN2CCCC2=O)c1[N+](=O)[O-]. The second kappa shape index (κ2) is 7.02. The molecule has 0 unspecified atom stereocenters. The van der Waals surface area contributed by atoms with E-state index in [-0.39, 0.29) is 17.2 Å². The van der Waals surface area contributed by atoms with E-state index >= 15 is 0 Å². The average Bonchev–Trinajstić information content (AvgIpc) is 2.88. The van der Waals surface area contributed by atoms with E-state index in [2.05, 4.69) is 5.32 Å². The Bertz CT molecular complexity index is 600. The number of rotatable bonds is 6. The van der Waals surface area contributed by atoms with Crippen LogP contribution in [0.1, 0.15) is 35.2 Å². The van der Waals surface area contributed by atoms with E-state index in [9.17, 15) is 19.7 Å². The Hall–Kier alpha value is -2.44. The van der Waals surface area contributed by atoms with Gasteiger partial charge in [0.05, 0.1) is 4.92 Å². The molecule has 2 amide bonds. The summed E-state index contributed by atoms with van der Waals surface area (Å²) in [7, 11) is 0. The Balaban J connectivity index is 1.89. The zero-order valence-electron chi connectivity index (χ0n) is 12.5. The molecule has 118 valence electrons. The molecular formula is C15H19N3O4. The summed E-state index contributed by atoms with van der Waals surface area (Å²) in [6.07, 6.45) is 2.12. The summed E-state index contributed by atoms with van der Waals surface area (Å²) >= 11 is 0. The van der Waals surface area contributed by atoms with E-state index < -0.39 is 10.8 Å². The largest absolute Gasteiger partial charge is 0.352 e. The molecule has 1 aliphatic heterocycles. The summed E-state index contributed by atoms with van der Waals surface area (Å²) in [6, 6.07) is 4.68. The monoisotopic (exact) mass is 305 g/mol. The van der Waals surface area contributed by atoms with E-state index in [1.807, 2.05) is 0 Å². The van der Waals surface area contributed by atoms with E-state index in [0.717, 1.165) is 13.0 Å². The van der Waals surface area contributed by atoms with Crippen LogP contribution in [0.5, 0.6) is 0 Å².